The lowest BCUT2D eigenvalue weighted by Crippen LogP contribution is -1.96. The second-order valence-electron chi connectivity index (χ2n) is 2.48. The molecule has 0 N–H and O–H groups in total. The van der Waals surface area contributed by atoms with Crippen LogP contribution < -0.4 is 0 Å². The summed E-state index contributed by atoms with van der Waals surface area (Å²) in [6.45, 7) is 8.66. The van der Waals surface area contributed by atoms with Crippen molar-refractivity contribution in [2.45, 2.75) is 13.8 Å². The molecule has 1 nitrogen and oxygen atoms in total. The van der Waals surface area contributed by atoms with Gasteiger partial charge < -0.3 is 0 Å². The van der Waals surface area contributed by atoms with E-state index in [0.29, 0.717) is 0 Å². The summed E-state index contributed by atoms with van der Waals surface area (Å²) < 4.78 is 1.19. The fraction of sp³-hybridized carbons (Fsp3) is 0.375. The lowest BCUT2D eigenvalue weighted by Gasteiger charge is -1.98. The van der Waals surface area contributed by atoms with Crippen molar-refractivity contribution in [3.63, 3.8) is 0 Å². The summed E-state index contributed by atoms with van der Waals surface area (Å²) in [7, 11) is 0. The average Bonchev–Trinajstić information content (AvgIpc) is 2.14. The first-order valence-electron chi connectivity index (χ1n) is 3.19. The fourth-order valence-electron chi connectivity index (χ4n) is 0.969. The van der Waals surface area contributed by atoms with Gasteiger partial charge in [0.05, 0.1) is 12.3 Å². The molecular weight excluding hydrogens is 190 g/mol. The lowest BCUT2D eigenvalue weighted by atomic mass is 10.1. The smallest absolute Gasteiger partial charge is 0.0715 e. The third-order valence-electron chi connectivity index (χ3n) is 1.54. The molecule has 54 valence electrons. The van der Waals surface area contributed by atoms with Crippen LogP contribution in [0.25, 0.3) is 0 Å². The van der Waals surface area contributed by atoms with Gasteiger partial charge in [-0.3, -0.25) is 4.99 Å². The lowest BCUT2D eigenvalue weighted by molar-refractivity contribution is 1.26. The molecule has 0 radical (unpaired) electrons. The van der Waals surface area contributed by atoms with Crippen molar-refractivity contribution in [2.75, 3.05) is 6.54 Å². The van der Waals surface area contributed by atoms with Crippen LogP contribution in [0.5, 0.6) is 0 Å². The number of hydrogen-bond donors (Lipinski definition) is 0. The van der Waals surface area contributed by atoms with Crippen LogP contribution in [-0.4, -0.2) is 12.3 Å². The van der Waals surface area contributed by atoms with E-state index in [1.165, 1.54) is 10.1 Å². The third kappa shape index (κ3) is 1.21. The van der Waals surface area contributed by atoms with Gasteiger partial charge in [-0.15, -0.1) is 0 Å². The molecular formula is C8H10BrN. The molecule has 0 bridgehead atoms. The molecule has 0 spiro atoms. The Hall–Kier alpha value is -0.370. The second-order valence-corrected chi connectivity index (χ2v) is 3.43. The van der Waals surface area contributed by atoms with Crippen LogP contribution >= 0.6 is 15.9 Å². The topological polar surface area (TPSA) is 12.4 Å². The van der Waals surface area contributed by atoms with Crippen molar-refractivity contribution >= 4 is 21.6 Å². The maximum absolute atomic E-state index is 4.29. The molecule has 1 rings (SSSR count). The highest BCUT2D eigenvalue weighted by Gasteiger charge is 2.12. The quantitative estimate of drug-likeness (QED) is 0.617. The Labute approximate surface area is 69.7 Å². The van der Waals surface area contributed by atoms with Crippen molar-refractivity contribution in [1.29, 1.82) is 0 Å². The fourth-order valence-corrected chi connectivity index (χ4v) is 1.28. The van der Waals surface area contributed by atoms with Gasteiger partial charge in [-0.05, 0) is 25.0 Å². The van der Waals surface area contributed by atoms with E-state index in [2.05, 4.69) is 34.4 Å². The van der Waals surface area contributed by atoms with E-state index in [1.807, 2.05) is 6.92 Å². The van der Waals surface area contributed by atoms with Crippen molar-refractivity contribution in [1.82, 2.24) is 0 Å². The van der Waals surface area contributed by atoms with Crippen molar-refractivity contribution < 1.29 is 0 Å². The first-order chi connectivity index (χ1) is 4.63. The van der Waals surface area contributed by atoms with Gasteiger partial charge in [0.15, 0.2) is 0 Å². The summed E-state index contributed by atoms with van der Waals surface area (Å²) in [6, 6.07) is 0. The van der Waals surface area contributed by atoms with Crippen LogP contribution in [0.4, 0.5) is 0 Å². The second kappa shape index (κ2) is 2.70. The molecule has 0 saturated heterocycles. The third-order valence-corrected chi connectivity index (χ3v) is 2.39. The van der Waals surface area contributed by atoms with E-state index in [9.17, 15) is 0 Å². The van der Waals surface area contributed by atoms with Gasteiger partial charge >= 0.3 is 0 Å². The Kier molecular flexibility index (Phi) is 2.09. The van der Waals surface area contributed by atoms with Gasteiger partial charge in [-0.1, -0.05) is 22.5 Å². The van der Waals surface area contributed by atoms with E-state index in [0.717, 1.165) is 17.8 Å². The zero-order chi connectivity index (χ0) is 7.72. The van der Waals surface area contributed by atoms with Gasteiger partial charge in [-0.25, -0.2) is 0 Å². The predicted molar refractivity (Wildman–Crippen MR) is 48.7 cm³/mol. The minimum atomic E-state index is 0.786. The normalized spacial score (nSPS) is 17.7. The molecule has 2 heteroatoms. The maximum atomic E-state index is 4.29. The van der Waals surface area contributed by atoms with Crippen LogP contribution in [0.3, 0.4) is 0 Å². The van der Waals surface area contributed by atoms with Gasteiger partial charge in [0.2, 0.25) is 0 Å². The zero-order valence-corrected chi connectivity index (χ0v) is 7.83. The molecule has 0 atom stereocenters. The monoisotopic (exact) mass is 199 g/mol. The van der Waals surface area contributed by atoms with E-state index in [-0.39, 0.29) is 0 Å². The Morgan fingerprint density at radius 2 is 2.30 bits per heavy atom. The van der Waals surface area contributed by atoms with Crippen molar-refractivity contribution in [3.8, 4) is 0 Å². The van der Waals surface area contributed by atoms with Crippen molar-refractivity contribution in [2.24, 2.45) is 4.99 Å². The van der Waals surface area contributed by atoms with Gasteiger partial charge in [0.25, 0.3) is 0 Å². The van der Waals surface area contributed by atoms with Crippen LogP contribution in [-0.2, 0) is 0 Å². The zero-order valence-electron chi connectivity index (χ0n) is 6.24. The molecule has 0 aromatic carbocycles. The van der Waals surface area contributed by atoms with E-state index < -0.39 is 0 Å². The highest BCUT2D eigenvalue weighted by Crippen LogP contribution is 2.22. The van der Waals surface area contributed by atoms with E-state index in [4.69, 9.17) is 0 Å². The maximum Gasteiger partial charge on any atom is 0.0715 e. The number of halogens is 1. The van der Waals surface area contributed by atoms with Gasteiger partial charge in [0.1, 0.15) is 0 Å². The molecule has 1 aliphatic heterocycles. The summed E-state index contributed by atoms with van der Waals surface area (Å²) in [4.78, 5) is 4.29. The molecule has 1 heterocycles. The van der Waals surface area contributed by atoms with Crippen LogP contribution in [0.15, 0.2) is 27.2 Å². The highest BCUT2D eigenvalue weighted by atomic mass is 79.9. The summed E-state index contributed by atoms with van der Waals surface area (Å²) in [5.74, 6) is 0. The van der Waals surface area contributed by atoms with E-state index >= 15 is 0 Å². The predicted octanol–water partition coefficient (Wildman–Crippen LogP) is 2.69. The molecule has 1 aliphatic rings. The summed E-state index contributed by atoms with van der Waals surface area (Å²) in [6.07, 6.45) is 0. The minimum Gasteiger partial charge on any atom is -0.279 e. The molecule has 0 saturated carbocycles. The average molecular weight is 200 g/mol. The molecule has 0 aromatic heterocycles. The number of aliphatic imine (C=N–C) groups is 1. The van der Waals surface area contributed by atoms with Gasteiger partial charge in [0, 0.05) is 4.48 Å². The largest absolute Gasteiger partial charge is 0.279 e. The Bertz CT molecular complexity index is 236. The molecule has 10 heavy (non-hydrogen) atoms. The number of allylic oxidation sites excluding steroid dienone is 2. The summed E-state index contributed by atoms with van der Waals surface area (Å²) >= 11 is 3.44. The molecule has 0 aromatic rings. The van der Waals surface area contributed by atoms with Crippen LogP contribution in [0.2, 0.25) is 0 Å². The Morgan fingerprint density at radius 3 is 2.50 bits per heavy atom. The Morgan fingerprint density at radius 1 is 1.70 bits per heavy atom. The van der Waals surface area contributed by atoms with E-state index in [1.54, 1.807) is 0 Å². The minimum absolute atomic E-state index is 0.786. The summed E-state index contributed by atoms with van der Waals surface area (Å²) in [5, 5.41) is 0. The summed E-state index contributed by atoms with van der Waals surface area (Å²) in [5.41, 5.74) is 3.34. The number of nitrogens with zero attached hydrogens (tertiary/aromatic N) is 1. The highest BCUT2D eigenvalue weighted by molar-refractivity contribution is 9.11. The first-order valence-corrected chi connectivity index (χ1v) is 3.98. The Balaban J connectivity index is 2.93. The molecule has 0 aliphatic carbocycles. The standard InChI is InChI=1S/C8H10BrN/c1-5(2)8-6(3)7(9)4-10-8/h1,4H2,2-3H3. The van der Waals surface area contributed by atoms with Crippen LogP contribution in [0.1, 0.15) is 13.8 Å². The SMILES string of the molecule is C=C(C)C1=NCC(Br)=C1C. The van der Waals surface area contributed by atoms with Crippen molar-refractivity contribution in [3.05, 3.63) is 22.2 Å². The van der Waals surface area contributed by atoms with Crippen LogP contribution in [0, 0.1) is 0 Å². The molecule has 0 amide bonds. The number of rotatable bonds is 1. The van der Waals surface area contributed by atoms with Gasteiger partial charge in [-0.2, -0.15) is 0 Å². The molecule has 0 unspecified atom stereocenters. The first kappa shape index (κ1) is 7.73. The number of hydrogen-bond acceptors (Lipinski definition) is 1. The molecule has 0 fully saturated rings.